The minimum Gasteiger partial charge on any atom is -0.388 e. The molecule has 1 atom stereocenters. The lowest BCUT2D eigenvalue weighted by molar-refractivity contribution is 0.180. The Morgan fingerprint density at radius 3 is 3.09 bits per heavy atom. The Morgan fingerprint density at radius 2 is 2.27 bits per heavy atom. The van der Waals surface area contributed by atoms with Gasteiger partial charge in [0.2, 0.25) is 0 Å². The third-order valence-corrected chi connectivity index (χ3v) is 2.82. The highest BCUT2D eigenvalue weighted by atomic mass is 127. The van der Waals surface area contributed by atoms with Gasteiger partial charge in [0.1, 0.15) is 0 Å². The van der Waals surface area contributed by atoms with Gasteiger partial charge >= 0.3 is 0 Å². The second kappa shape index (κ2) is 2.75. The first kappa shape index (κ1) is 7.55. The fourth-order valence-electron chi connectivity index (χ4n) is 1.56. The Hall–Kier alpha value is -0.0900. The molecule has 58 valence electrons. The van der Waals surface area contributed by atoms with Crippen LogP contribution in [-0.2, 0) is 6.42 Å². The normalized spacial score (nSPS) is 21.8. The van der Waals surface area contributed by atoms with Gasteiger partial charge < -0.3 is 5.11 Å². The predicted molar refractivity (Wildman–Crippen MR) is 52.4 cm³/mol. The molecule has 0 heterocycles. The van der Waals surface area contributed by atoms with Crippen molar-refractivity contribution in [2.75, 3.05) is 0 Å². The molecule has 0 unspecified atom stereocenters. The third kappa shape index (κ3) is 1.29. The maximum Gasteiger partial charge on any atom is 0.0795 e. The Morgan fingerprint density at radius 1 is 1.45 bits per heavy atom. The molecule has 1 nitrogen and oxygen atoms in total. The van der Waals surface area contributed by atoms with E-state index in [4.69, 9.17) is 0 Å². The third-order valence-electron chi connectivity index (χ3n) is 2.15. The molecule has 0 fully saturated rings. The van der Waals surface area contributed by atoms with E-state index in [2.05, 4.69) is 28.7 Å². The molecule has 0 radical (unpaired) electrons. The molecule has 11 heavy (non-hydrogen) atoms. The first-order valence-corrected chi connectivity index (χ1v) is 4.81. The highest BCUT2D eigenvalue weighted by Gasteiger charge is 2.19. The average Bonchev–Trinajstić information content (AvgIpc) is 2.32. The van der Waals surface area contributed by atoms with Gasteiger partial charge in [-0.15, -0.1) is 0 Å². The lowest BCUT2D eigenvalue weighted by Crippen LogP contribution is -1.89. The summed E-state index contributed by atoms with van der Waals surface area (Å²) < 4.78 is 1.26. The SMILES string of the molecule is O[C@@H]1CCc2cc(I)ccc21. The fraction of sp³-hybridized carbons (Fsp3) is 0.333. The second-order valence-corrected chi connectivity index (χ2v) is 4.14. The van der Waals surface area contributed by atoms with Crippen LogP contribution in [0.3, 0.4) is 0 Å². The van der Waals surface area contributed by atoms with Crippen LogP contribution in [0.25, 0.3) is 0 Å². The van der Waals surface area contributed by atoms with Gasteiger partial charge in [-0.25, -0.2) is 0 Å². The van der Waals surface area contributed by atoms with Crippen molar-refractivity contribution in [3.05, 3.63) is 32.9 Å². The predicted octanol–water partition coefficient (Wildman–Crippen LogP) is 2.27. The van der Waals surface area contributed by atoms with Crippen molar-refractivity contribution in [3.63, 3.8) is 0 Å². The van der Waals surface area contributed by atoms with Gasteiger partial charge in [0.05, 0.1) is 6.10 Å². The Kier molecular flexibility index (Phi) is 1.89. The summed E-state index contributed by atoms with van der Waals surface area (Å²) in [5.74, 6) is 0. The zero-order chi connectivity index (χ0) is 7.84. The summed E-state index contributed by atoms with van der Waals surface area (Å²) in [5.41, 5.74) is 2.45. The summed E-state index contributed by atoms with van der Waals surface area (Å²) in [6.07, 6.45) is 1.73. The summed E-state index contributed by atoms with van der Waals surface area (Å²) in [5, 5.41) is 9.47. The van der Waals surface area contributed by atoms with Crippen LogP contribution < -0.4 is 0 Å². The minimum absolute atomic E-state index is 0.206. The van der Waals surface area contributed by atoms with E-state index < -0.39 is 0 Å². The molecule has 1 aliphatic rings. The maximum atomic E-state index is 9.47. The van der Waals surface area contributed by atoms with E-state index >= 15 is 0 Å². The quantitative estimate of drug-likeness (QED) is 0.709. The van der Waals surface area contributed by atoms with E-state index in [9.17, 15) is 5.11 Å². The molecule has 2 heteroatoms. The fourth-order valence-corrected chi connectivity index (χ4v) is 2.12. The molecule has 2 rings (SSSR count). The van der Waals surface area contributed by atoms with Crippen molar-refractivity contribution in [1.82, 2.24) is 0 Å². The van der Waals surface area contributed by atoms with Gasteiger partial charge in [0, 0.05) is 3.57 Å². The smallest absolute Gasteiger partial charge is 0.0795 e. The monoisotopic (exact) mass is 260 g/mol. The summed E-state index contributed by atoms with van der Waals surface area (Å²) >= 11 is 2.30. The summed E-state index contributed by atoms with van der Waals surface area (Å²) in [7, 11) is 0. The van der Waals surface area contributed by atoms with Crippen LogP contribution in [0.4, 0.5) is 0 Å². The summed E-state index contributed by atoms with van der Waals surface area (Å²) in [6, 6.07) is 6.24. The van der Waals surface area contributed by atoms with Crippen LogP contribution in [0.15, 0.2) is 18.2 Å². The van der Waals surface area contributed by atoms with Gasteiger partial charge in [0.25, 0.3) is 0 Å². The Bertz CT molecular complexity index is 283. The zero-order valence-corrected chi connectivity index (χ0v) is 8.21. The van der Waals surface area contributed by atoms with Crippen LogP contribution >= 0.6 is 22.6 Å². The van der Waals surface area contributed by atoms with E-state index in [-0.39, 0.29) is 6.10 Å². The van der Waals surface area contributed by atoms with Crippen LogP contribution in [0.2, 0.25) is 0 Å². The van der Waals surface area contributed by atoms with Crippen molar-refractivity contribution >= 4 is 22.6 Å². The highest BCUT2D eigenvalue weighted by molar-refractivity contribution is 14.1. The standard InChI is InChI=1S/C9H9IO/c10-7-2-3-8-6(5-7)1-4-9(8)11/h2-3,5,9,11H,1,4H2/t9-/m1/s1. The molecule has 1 aromatic rings. The van der Waals surface area contributed by atoms with E-state index in [1.165, 1.54) is 9.13 Å². The molecular weight excluding hydrogens is 251 g/mol. The molecule has 0 spiro atoms. The van der Waals surface area contributed by atoms with Gasteiger partial charge in [-0.3, -0.25) is 0 Å². The molecule has 1 aromatic carbocycles. The number of hydrogen-bond acceptors (Lipinski definition) is 1. The van der Waals surface area contributed by atoms with E-state index in [0.29, 0.717) is 0 Å². The Labute approximate surface area is 79.6 Å². The molecule has 0 saturated carbocycles. The number of aliphatic hydroxyl groups excluding tert-OH is 1. The van der Waals surface area contributed by atoms with Gasteiger partial charge in [-0.05, 0) is 58.7 Å². The molecule has 0 aliphatic heterocycles. The molecule has 0 bridgehead atoms. The molecule has 1 aliphatic carbocycles. The number of rotatable bonds is 0. The lowest BCUT2D eigenvalue weighted by Gasteiger charge is -2.02. The summed E-state index contributed by atoms with van der Waals surface area (Å²) in [6.45, 7) is 0. The zero-order valence-electron chi connectivity index (χ0n) is 6.05. The lowest BCUT2D eigenvalue weighted by atomic mass is 10.1. The number of benzene rings is 1. The average molecular weight is 260 g/mol. The number of aliphatic hydroxyl groups is 1. The van der Waals surface area contributed by atoms with Crippen LogP contribution in [0.1, 0.15) is 23.7 Å². The minimum atomic E-state index is -0.206. The van der Waals surface area contributed by atoms with E-state index in [1.807, 2.05) is 12.1 Å². The number of halogens is 1. The largest absolute Gasteiger partial charge is 0.388 e. The van der Waals surface area contributed by atoms with Crippen molar-refractivity contribution in [1.29, 1.82) is 0 Å². The van der Waals surface area contributed by atoms with Gasteiger partial charge in [-0.2, -0.15) is 0 Å². The number of fused-ring (bicyclic) bond motifs is 1. The van der Waals surface area contributed by atoms with Crippen molar-refractivity contribution in [3.8, 4) is 0 Å². The van der Waals surface area contributed by atoms with Crippen molar-refractivity contribution in [2.45, 2.75) is 18.9 Å². The highest BCUT2D eigenvalue weighted by Crippen LogP contribution is 2.31. The first-order chi connectivity index (χ1) is 5.27. The van der Waals surface area contributed by atoms with E-state index in [0.717, 1.165) is 18.4 Å². The van der Waals surface area contributed by atoms with E-state index in [1.54, 1.807) is 0 Å². The van der Waals surface area contributed by atoms with Gasteiger partial charge in [-0.1, -0.05) is 6.07 Å². The van der Waals surface area contributed by atoms with Crippen LogP contribution in [0, 0.1) is 3.57 Å². The van der Waals surface area contributed by atoms with Crippen molar-refractivity contribution in [2.24, 2.45) is 0 Å². The second-order valence-electron chi connectivity index (χ2n) is 2.90. The summed E-state index contributed by atoms with van der Waals surface area (Å²) in [4.78, 5) is 0. The van der Waals surface area contributed by atoms with Crippen molar-refractivity contribution < 1.29 is 5.11 Å². The molecular formula is C9H9IO. The first-order valence-electron chi connectivity index (χ1n) is 3.74. The molecule has 0 amide bonds. The van der Waals surface area contributed by atoms with Crippen LogP contribution in [0.5, 0.6) is 0 Å². The number of hydrogen-bond donors (Lipinski definition) is 1. The van der Waals surface area contributed by atoms with Crippen LogP contribution in [-0.4, -0.2) is 5.11 Å². The van der Waals surface area contributed by atoms with Gasteiger partial charge in [0.15, 0.2) is 0 Å². The molecule has 0 saturated heterocycles. The molecule has 0 aromatic heterocycles. The maximum absolute atomic E-state index is 9.47. The Balaban J connectivity index is 2.50. The number of aryl methyl sites for hydroxylation is 1. The molecule has 1 N–H and O–H groups in total. The topological polar surface area (TPSA) is 20.2 Å².